The SMILES string of the molecule is COc1ccc(-c2cnc3c4c2c2ccccc2n4C(O)c2c-3ccc(OC)c2OC)cc1. The van der Waals surface area contributed by atoms with Crippen LogP contribution < -0.4 is 14.2 Å². The highest BCUT2D eigenvalue weighted by atomic mass is 16.5. The van der Waals surface area contributed by atoms with E-state index >= 15 is 0 Å². The number of pyridine rings is 1. The van der Waals surface area contributed by atoms with E-state index in [0.29, 0.717) is 17.1 Å². The maximum atomic E-state index is 11.7. The minimum Gasteiger partial charge on any atom is -0.497 e. The highest BCUT2D eigenvalue weighted by Crippen LogP contribution is 2.51. The largest absolute Gasteiger partial charge is 0.497 e. The molecule has 5 aromatic rings. The van der Waals surface area contributed by atoms with Gasteiger partial charge in [0.25, 0.3) is 0 Å². The minimum absolute atomic E-state index is 0.514. The molecule has 3 heterocycles. The van der Waals surface area contributed by atoms with Gasteiger partial charge in [0.2, 0.25) is 0 Å². The molecule has 1 N–H and O–H groups in total. The van der Waals surface area contributed by atoms with Gasteiger partial charge in [0.05, 0.1) is 43.6 Å². The average Bonchev–Trinajstić information content (AvgIpc) is 3.22. The molecule has 2 aromatic heterocycles. The number of fused-ring (bicyclic) bond motifs is 5. The molecule has 0 saturated carbocycles. The lowest BCUT2D eigenvalue weighted by Gasteiger charge is -2.27. The third-order valence-electron chi connectivity index (χ3n) is 6.47. The Kier molecular flexibility index (Phi) is 4.32. The first-order valence-corrected chi connectivity index (χ1v) is 10.7. The van der Waals surface area contributed by atoms with Crippen LogP contribution in [0.2, 0.25) is 0 Å². The van der Waals surface area contributed by atoms with E-state index in [1.807, 2.05) is 65.4 Å². The van der Waals surface area contributed by atoms with Gasteiger partial charge in [-0.05, 0) is 35.9 Å². The molecule has 0 aliphatic carbocycles. The zero-order chi connectivity index (χ0) is 22.7. The van der Waals surface area contributed by atoms with Crippen molar-refractivity contribution in [3.63, 3.8) is 0 Å². The van der Waals surface area contributed by atoms with Gasteiger partial charge < -0.3 is 23.9 Å². The molecule has 0 amide bonds. The van der Waals surface area contributed by atoms with E-state index in [-0.39, 0.29) is 0 Å². The van der Waals surface area contributed by atoms with Gasteiger partial charge in [-0.1, -0.05) is 30.3 Å². The van der Waals surface area contributed by atoms with Crippen LogP contribution in [0.1, 0.15) is 11.8 Å². The topological polar surface area (TPSA) is 65.7 Å². The van der Waals surface area contributed by atoms with Gasteiger partial charge >= 0.3 is 0 Å². The zero-order valence-corrected chi connectivity index (χ0v) is 18.5. The number of hydrogen-bond acceptors (Lipinski definition) is 5. The van der Waals surface area contributed by atoms with Crippen LogP contribution in [-0.4, -0.2) is 36.0 Å². The number of rotatable bonds is 4. The Morgan fingerprint density at radius 2 is 1.64 bits per heavy atom. The number of ether oxygens (including phenoxy) is 3. The maximum Gasteiger partial charge on any atom is 0.169 e. The molecular formula is C27H22N2O4. The fraction of sp³-hybridized carbons (Fsp3) is 0.148. The Hall–Kier alpha value is -4.03. The third-order valence-corrected chi connectivity index (χ3v) is 6.47. The summed E-state index contributed by atoms with van der Waals surface area (Å²) in [5.41, 5.74) is 6.15. The van der Waals surface area contributed by atoms with Crippen molar-refractivity contribution < 1.29 is 19.3 Å². The lowest BCUT2D eigenvalue weighted by molar-refractivity contribution is 0.150. The molecule has 6 rings (SSSR count). The van der Waals surface area contributed by atoms with Crippen LogP contribution in [0.3, 0.4) is 0 Å². The number of aliphatic hydroxyl groups is 1. The van der Waals surface area contributed by atoms with E-state index in [9.17, 15) is 5.11 Å². The molecular weight excluding hydrogens is 416 g/mol. The second-order valence-electron chi connectivity index (χ2n) is 8.00. The maximum absolute atomic E-state index is 11.7. The van der Waals surface area contributed by atoms with Gasteiger partial charge in [0.1, 0.15) is 5.75 Å². The summed E-state index contributed by atoms with van der Waals surface area (Å²) >= 11 is 0. The predicted octanol–water partition coefficient (Wildman–Crippen LogP) is 5.40. The second-order valence-corrected chi connectivity index (χ2v) is 8.00. The summed E-state index contributed by atoms with van der Waals surface area (Å²) in [5.74, 6) is 1.88. The normalized spacial score (nSPS) is 14.4. The van der Waals surface area contributed by atoms with E-state index in [4.69, 9.17) is 19.2 Å². The van der Waals surface area contributed by atoms with Crippen LogP contribution in [-0.2, 0) is 0 Å². The fourth-order valence-corrected chi connectivity index (χ4v) is 5.01. The predicted molar refractivity (Wildman–Crippen MR) is 128 cm³/mol. The Balaban J connectivity index is 1.75. The minimum atomic E-state index is -0.951. The number of aromatic nitrogens is 2. The molecule has 164 valence electrons. The van der Waals surface area contributed by atoms with Crippen LogP contribution in [0.5, 0.6) is 17.2 Å². The first-order valence-electron chi connectivity index (χ1n) is 10.7. The van der Waals surface area contributed by atoms with E-state index in [2.05, 4.69) is 6.07 Å². The highest BCUT2D eigenvalue weighted by molar-refractivity contribution is 6.18. The van der Waals surface area contributed by atoms with Gasteiger partial charge in [-0.2, -0.15) is 0 Å². The van der Waals surface area contributed by atoms with Crippen molar-refractivity contribution in [2.24, 2.45) is 0 Å². The van der Waals surface area contributed by atoms with Crippen molar-refractivity contribution >= 4 is 21.8 Å². The summed E-state index contributed by atoms with van der Waals surface area (Å²) in [7, 11) is 4.84. The van der Waals surface area contributed by atoms with Crippen molar-refractivity contribution in [3.8, 4) is 39.6 Å². The first-order chi connectivity index (χ1) is 16.2. The second kappa shape index (κ2) is 7.25. The molecule has 0 bridgehead atoms. The molecule has 1 atom stereocenters. The van der Waals surface area contributed by atoms with Crippen molar-refractivity contribution in [3.05, 3.63) is 72.4 Å². The van der Waals surface area contributed by atoms with Crippen LogP contribution in [0.25, 0.3) is 44.2 Å². The third kappa shape index (κ3) is 2.61. The van der Waals surface area contributed by atoms with E-state index in [0.717, 1.165) is 49.9 Å². The van der Waals surface area contributed by atoms with Crippen LogP contribution in [0, 0.1) is 0 Å². The van der Waals surface area contributed by atoms with Gasteiger partial charge in [-0.25, -0.2) is 0 Å². The summed E-state index contributed by atoms with van der Waals surface area (Å²) in [6, 6.07) is 19.9. The summed E-state index contributed by atoms with van der Waals surface area (Å²) < 4.78 is 18.5. The molecule has 0 radical (unpaired) electrons. The van der Waals surface area contributed by atoms with E-state index in [1.165, 1.54) is 0 Å². The van der Waals surface area contributed by atoms with Crippen molar-refractivity contribution in [1.29, 1.82) is 0 Å². The Bertz CT molecular complexity index is 1540. The van der Waals surface area contributed by atoms with Gasteiger partial charge in [0, 0.05) is 28.1 Å². The van der Waals surface area contributed by atoms with Crippen molar-refractivity contribution in [1.82, 2.24) is 9.55 Å². The lowest BCUT2D eigenvalue weighted by Crippen LogP contribution is -2.17. The smallest absolute Gasteiger partial charge is 0.169 e. The van der Waals surface area contributed by atoms with Gasteiger partial charge in [-0.15, -0.1) is 0 Å². The molecule has 1 unspecified atom stereocenters. The summed E-state index contributed by atoms with van der Waals surface area (Å²) in [4.78, 5) is 4.90. The van der Waals surface area contributed by atoms with Crippen LogP contribution >= 0.6 is 0 Å². The Labute approximate surface area is 190 Å². The Morgan fingerprint density at radius 3 is 2.36 bits per heavy atom. The summed E-state index contributed by atoms with van der Waals surface area (Å²) in [6.07, 6.45) is 0.960. The molecule has 6 nitrogen and oxygen atoms in total. The highest BCUT2D eigenvalue weighted by Gasteiger charge is 2.34. The molecule has 0 spiro atoms. The molecule has 6 heteroatoms. The molecule has 3 aromatic carbocycles. The summed E-state index contributed by atoms with van der Waals surface area (Å²) in [5, 5.41) is 13.8. The zero-order valence-electron chi connectivity index (χ0n) is 18.5. The average molecular weight is 438 g/mol. The first kappa shape index (κ1) is 19.6. The Morgan fingerprint density at radius 1 is 0.848 bits per heavy atom. The van der Waals surface area contributed by atoms with Crippen LogP contribution in [0.15, 0.2) is 66.9 Å². The number of nitrogens with zero attached hydrogens (tertiary/aromatic N) is 2. The van der Waals surface area contributed by atoms with E-state index < -0.39 is 6.23 Å². The molecule has 33 heavy (non-hydrogen) atoms. The van der Waals surface area contributed by atoms with E-state index in [1.54, 1.807) is 21.3 Å². The number of para-hydroxylation sites is 1. The molecule has 0 fully saturated rings. The van der Waals surface area contributed by atoms with Crippen molar-refractivity contribution in [2.75, 3.05) is 21.3 Å². The quantitative estimate of drug-likeness (QED) is 0.407. The summed E-state index contributed by atoms with van der Waals surface area (Å²) in [6.45, 7) is 0. The van der Waals surface area contributed by atoms with Gasteiger partial charge in [0.15, 0.2) is 17.7 Å². The molecule has 1 aliphatic heterocycles. The van der Waals surface area contributed by atoms with Crippen LogP contribution in [0.4, 0.5) is 0 Å². The number of aliphatic hydroxyl groups excluding tert-OH is 1. The number of benzene rings is 3. The molecule has 1 aliphatic rings. The van der Waals surface area contributed by atoms with Crippen molar-refractivity contribution in [2.45, 2.75) is 6.23 Å². The molecule has 0 saturated heterocycles. The standard InChI is InChI=1S/C27H22N2O4/c1-31-16-10-8-15(9-11-16)19-14-28-24-18-12-13-21(32-2)26(33-3)23(18)27(30)29-20-7-5-4-6-17(20)22(19)25(24)29/h4-14,27,30H,1-3H3. The monoisotopic (exact) mass is 438 g/mol. The van der Waals surface area contributed by atoms with Gasteiger partial charge in [-0.3, -0.25) is 4.98 Å². The lowest BCUT2D eigenvalue weighted by atomic mass is 9.94. The number of hydrogen-bond donors (Lipinski definition) is 1. The number of methoxy groups -OCH3 is 3. The fourth-order valence-electron chi connectivity index (χ4n) is 5.01.